The van der Waals surface area contributed by atoms with Gasteiger partial charge in [-0.05, 0) is 19.1 Å². The maximum Gasteiger partial charge on any atom is 0.289 e. The minimum atomic E-state index is -3.98. The highest BCUT2D eigenvalue weighted by molar-refractivity contribution is 8.33. The van der Waals surface area contributed by atoms with Crippen molar-refractivity contribution in [2.45, 2.75) is 21.3 Å². The van der Waals surface area contributed by atoms with Gasteiger partial charge in [0.1, 0.15) is 0 Å². The van der Waals surface area contributed by atoms with Gasteiger partial charge in [0, 0.05) is 0 Å². The highest BCUT2D eigenvalue weighted by Crippen LogP contribution is 2.49. The summed E-state index contributed by atoms with van der Waals surface area (Å²) in [7, 11) is -3.98. The molecule has 0 aromatic carbocycles. The summed E-state index contributed by atoms with van der Waals surface area (Å²) in [5.41, 5.74) is 0. The summed E-state index contributed by atoms with van der Waals surface area (Å²) >= 11 is 6.62. The van der Waals surface area contributed by atoms with Gasteiger partial charge in [-0.15, -0.1) is 23.5 Å². The van der Waals surface area contributed by atoms with Crippen LogP contribution in [0.3, 0.4) is 0 Å². The summed E-state index contributed by atoms with van der Waals surface area (Å²) in [5.74, 6) is 0.720. The van der Waals surface area contributed by atoms with Gasteiger partial charge in [-0.25, -0.2) is 0 Å². The van der Waals surface area contributed by atoms with E-state index in [2.05, 4.69) is 12.6 Å². The molecule has 12 heavy (non-hydrogen) atoms. The summed E-state index contributed by atoms with van der Waals surface area (Å²) in [6.07, 6.45) is 0.865. The van der Waals surface area contributed by atoms with Crippen LogP contribution in [0, 0.1) is 0 Å². The minimum absolute atomic E-state index is 0.00169. The predicted molar refractivity (Wildman–Crippen MR) is 57.4 cm³/mol. The average molecular weight is 246 g/mol. The molecular formula is C5H10O3S4. The second-order valence-electron chi connectivity index (χ2n) is 2.55. The van der Waals surface area contributed by atoms with Crippen molar-refractivity contribution in [1.82, 2.24) is 0 Å². The monoisotopic (exact) mass is 246 g/mol. The van der Waals surface area contributed by atoms with Crippen LogP contribution in [-0.2, 0) is 10.1 Å². The first kappa shape index (κ1) is 11.0. The molecule has 0 radical (unpaired) electrons. The van der Waals surface area contributed by atoms with Crippen molar-refractivity contribution in [3.05, 3.63) is 0 Å². The molecule has 0 aromatic heterocycles. The molecule has 2 atom stereocenters. The quantitative estimate of drug-likeness (QED) is 0.544. The van der Waals surface area contributed by atoms with Crippen LogP contribution in [0.2, 0.25) is 0 Å². The first-order valence-electron chi connectivity index (χ1n) is 3.32. The van der Waals surface area contributed by atoms with E-state index in [-0.39, 0.29) is 4.58 Å². The number of rotatable bonds is 1. The van der Waals surface area contributed by atoms with E-state index in [9.17, 15) is 8.42 Å². The molecule has 2 unspecified atom stereocenters. The molecule has 1 rings (SSSR count). The average Bonchev–Trinajstić information content (AvgIpc) is 1.83. The van der Waals surface area contributed by atoms with Crippen LogP contribution in [0.1, 0.15) is 13.3 Å². The lowest BCUT2D eigenvalue weighted by Crippen LogP contribution is -2.32. The SMILES string of the molecule is CC1(S(=O)(=O)O)SCCC(S)S1. The van der Waals surface area contributed by atoms with Gasteiger partial charge in [0.2, 0.25) is 0 Å². The first-order valence-corrected chi connectivity index (χ1v) is 7.14. The maximum absolute atomic E-state index is 10.9. The highest BCUT2D eigenvalue weighted by atomic mass is 32.3. The first-order chi connectivity index (χ1) is 5.35. The second kappa shape index (κ2) is 3.61. The van der Waals surface area contributed by atoms with Gasteiger partial charge in [-0.2, -0.15) is 21.0 Å². The van der Waals surface area contributed by atoms with Crippen LogP contribution < -0.4 is 0 Å². The Labute approximate surface area is 86.2 Å². The predicted octanol–water partition coefficient (Wildman–Crippen LogP) is 1.67. The minimum Gasteiger partial charge on any atom is -0.284 e. The molecule has 0 saturated carbocycles. The summed E-state index contributed by atoms with van der Waals surface area (Å²) in [6, 6.07) is 0. The van der Waals surface area contributed by atoms with Gasteiger partial charge >= 0.3 is 0 Å². The molecule has 0 spiro atoms. The van der Waals surface area contributed by atoms with Crippen molar-refractivity contribution < 1.29 is 13.0 Å². The highest BCUT2D eigenvalue weighted by Gasteiger charge is 2.43. The molecule has 3 nitrogen and oxygen atoms in total. The van der Waals surface area contributed by atoms with Gasteiger partial charge in [0.15, 0.2) is 3.41 Å². The number of thioether (sulfide) groups is 2. The molecule has 0 bridgehead atoms. The fourth-order valence-corrected chi connectivity index (χ4v) is 6.34. The van der Waals surface area contributed by atoms with E-state index in [1.807, 2.05) is 0 Å². The maximum atomic E-state index is 10.9. The summed E-state index contributed by atoms with van der Waals surface area (Å²) < 4.78 is 29.7. The van der Waals surface area contributed by atoms with E-state index in [4.69, 9.17) is 4.55 Å². The van der Waals surface area contributed by atoms with Gasteiger partial charge < -0.3 is 0 Å². The van der Waals surface area contributed by atoms with Crippen LogP contribution in [-0.4, -0.2) is 26.7 Å². The molecule has 7 heteroatoms. The molecule has 1 fully saturated rings. The number of thiol groups is 1. The lowest BCUT2D eigenvalue weighted by atomic mass is 10.6. The molecule has 0 aromatic rings. The van der Waals surface area contributed by atoms with Crippen molar-refractivity contribution in [3.8, 4) is 0 Å². The smallest absolute Gasteiger partial charge is 0.284 e. The molecule has 0 aliphatic carbocycles. The number of hydrogen-bond acceptors (Lipinski definition) is 5. The van der Waals surface area contributed by atoms with E-state index in [1.54, 1.807) is 0 Å². The normalized spacial score (nSPS) is 38.1. The largest absolute Gasteiger partial charge is 0.289 e. The molecular weight excluding hydrogens is 236 g/mol. The lowest BCUT2D eigenvalue weighted by molar-refractivity contribution is 0.478. The molecule has 72 valence electrons. The second-order valence-corrected chi connectivity index (χ2v) is 9.20. The van der Waals surface area contributed by atoms with Gasteiger partial charge in [-0.1, -0.05) is 0 Å². The van der Waals surface area contributed by atoms with E-state index < -0.39 is 13.5 Å². The molecule has 1 saturated heterocycles. The fourth-order valence-electron chi connectivity index (χ4n) is 0.820. The van der Waals surface area contributed by atoms with Crippen LogP contribution in [0.4, 0.5) is 0 Å². The van der Waals surface area contributed by atoms with Crippen molar-refractivity contribution in [1.29, 1.82) is 0 Å². The molecule has 1 aliphatic rings. The van der Waals surface area contributed by atoms with Crippen LogP contribution in [0.5, 0.6) is 0 Å². The third kappa shape index (κ3) is 2.25. The fraction of sp³-hybridized carbons (Fsp3) is 1.00. The van der Waals surface area contributed by atoms with Crippen LogP contribution in [0.25, 0.3) is 0 Å². The number of hydrogen-bond donors (Lipinski definition) is 2. The Morgan fingerprint density at radius 2 is 2.25 bits per heavy atom. The molecule has 0 amide bonds. The topological polar surface area (TPSA) is 54.4 Å². The van der Waals surface area contributed by atoms with E-state index >= 15 is 0 Å². The van der Waals surface area contributed by atoms with Crippen LogP contribution in [0.15, 0.2) is 0 Å². The van der Waals surface area contributed by atoms with Crippen molar-refractivity contribution in [3.63, 3.8) is 0 Å². The zero-order chi connectivity index (χ0) is 9.41. The summed E-state index contributed by atoms with van der Waals surface area (Å²) in [5, 5.41) is 0. The standard InChI is InChI=1S/C5H10O3S4/c1-5(12(6,7)8)10-3-2-4(9)11-5/h4,9H,2-3H2,1H3,(H,6,7,8). The zero-order valence-electron chi connectivity index (χ0n) is 6.43. The van der Waals surface area contributed by atoms with E-state index in [0.29, 0.717) is 0 Å². The van der Waals surface area contributed by atoms with Crippen molar-refractivity contribution in [2.24, 2.45) is 0 Å². The Morgan fingerprint density at radius 3 is 2.58 bits per heavy atom. The van der Waals surface area contributed by atoms with Gasteiger partial charge in [-0.3, -0.25) is 4.55 Å². The summed E-state index contributed by atoms with van der Waals surface area (Å²) in [4.78, 5) is 0. The Kier molecular flexibility index (Phi) is 3.32. The Balaban J connectivity index is 2.84. The summed E-state index contributed by atoms with van der Waals surface area (Å²) in [6.45, 7) is 1.51. The van der Waals surface area contributed by atoms with Crippen LogP contribution >= 0.6 is 36.2 Å². The molecule has 1 heterocycles. The zero-order valence-corrected chi connectivity index (χ0v) is 9.77. The Hall–Kier alpha value is 0.960. The third-order valence-corrected chi connectivity index (χ3v) is 7.51. The molecule has 1 N–H and O–H groups in total. The third-order valence-electron chi connectivity index (χ3n) is 1.55. The van der Waals surface area contributed by atoms with Crippen molar-refractivity contribution >= 4 is 46.3 Å². The Bertz CT molecular complexity index is 262. The van der Waals surface area contributed by atoms with Gasteiger partial charge in [0.25, 0.3) is 10.1 Å². The Morgan fingerprint density at radius 1 is 1.67 bits per heavy atom. The van der Waals surface area contributed by atoms with E-state index in [0.717, 1.165) is 12.2 Å². The van der Waals surface area contributed by atoms with Gasteiger partial charge in [0.05, 0.1) is 4.58 Å². The van der Waals surface area contributed by atoms with Crippen molar-refractivity contribution in [2.75, 3.05) is 5.75 Å². The molecule has 1 aliphatic heterocycles. The lowest BCUT2D eigenvalue weighted by Gasteiger charge is -2.32. The van der Waals surface area contributed by atoms with E-state index in [1.165, 1.54) is 30.4 Å².